The molecular weight excluding hydrogens is 420 g/mol. The summed E-state index contributed by atoms with van der Waals surface area (Å²) in [6, 6.07) is 8.00. The van der Waals surface area contributed by atoms with Gasteiger partial charge in [-0.05, 0) is 27.6 Å². The molecule has 3 heterocycles. The number of rotatable bonds is 5. The highest BCUT2D eigenvalue weighted by Gasteiger charge is 2.09. The normalized spacial score (nSPS) is 10.8. The van der Waals surface area contributed by atoms with Crippen molar-refractivity contribution in [3.05, 3.63) is 65.3 Å². The van der Waals surface area contributed by atoms with Gasteiger partial charge in [-0.1, -0.05) is 18.2 Å². The number of nitrogens with two attached hydrogens (primary N) is 1. The molecule has 1 aromatic carbocycles. The second-order valence-corrected chi connectivity index (χ2v) is 7.09. The van der Waals surface area contributed by atoms with Crippen molar-refractivity contribution in [1.29, 1.82) is 0 Å². The number of nitrogens with zero attached hydrogens (tertiary/aromatic N) is 6. The van der Waals surface area contributed by atoms with Crippen molar-refractivity contribution < 1.29 is 0 Å². The summed E-state index contributed by atoms with van der Waals surface area (Å²) >= 11 is 3.35. The van der Waals surface area contributed by atoms with E-state index in [2.05, 4.69) is 46.3 Å². The molecule has 0 fully saturated rings. The van der Waals surface area contributed by atoms with E-state index in [-0.39, 0.29) is 0 Å². The van der Waals surface area contributed by atoms with Crippen LogP contribution < -0.4 is 11.1 Å². The second kappa shape index (κ2) is 7.73. The van der Waals surface area contributed by atoms with Crippen LogP contribution in [0.3, 0.4) is 0 Å². The van der Waals surface area contributed by atoms with Crippen molar-refractivity contribution in [1.82, 2.24) is 29.7 Å². The van der Waals surface area contributed by atoms with Gasteiger partial charge in [-0.15, -0.1) is 0 Å². The molecule has 3 N–H and O–H groups in total. The monoisotopic (exact) mass is 436 g/mol. The fourth-order valence-corrected chi connectivity index (χ4v) is 2.89. The lowest BCUT2D eigenvalue weighted by molar-refractivity contribution is 0.768. The summed E-state index contributed by atoms with van der Waals surface area (Å²) in [4.78, 5) is 17.5. The third kappa shape index (κ3) is 3.99. The van der Waals surface area contributed by atoms with Crippen LogP contribution in [0.4, 0.5) is 11.6 Å². The Hall–Kier alpha value is -3.33. The Morgan fingerprint density at radius 3 is 2.64 bits per heavy atom. The number of hydrogen-bond acceptors (Lipinski definition) is 7. The van der Waals surface area contributed by atoms with E-state index in [0.717, 1.165) is 21.2 Å². The standard InChI is InChI=1S/C19H17BrN8/c1-28-11-14(7-26-28)16-10-22-17(21)19(27-16)23-6-12-3-2-4-13(5-12)18-24-8-15(20)9-25-18/h2-5,7-11H,6H2,1H3,(H2,21,22)(H,23,27). The molecular formula is C19H17BrN8. The molecule has 0 aliphatic heterocycles. The smallest absolute Gasteiger partial charge is 0.169 e. The molecule has 8 nitrogen and oxygen atoms in total. The van der Waals surface area contributed by atoms with Crippen LogP contribution in [0.5, 0.6) is 0 Å². The molecule has 0 saturated carbocycles. The van der Waals surface area contributed by atoms with Gasteiger partial charge in [0.15, 0.2) is 17.5 Å². The zero-order valence-corrected chi connectivity index (χ0v) is 16.6. The molecule has 3 aromatic heterocycles. The van der Waals surface area contributed by atoms with Crippen molar-refractivity contribution in [2.75, 3.05) is 11.1 Å². The molecule has 0 unspecified atom stereocenters. The highest BCUT2D eigenvalue weighted by atomic mass is 79.9. The van der Waals surface area contributed by atoms with E-state index in [1.165, 1.54) is 0 Å². The maximum atomic E-state index is 5.99. The van der Waals surface area contributed by atoms with Crippen LogP contribution in [0.1, 0.15) is 5.56 Å². The zero-order chi connectivity index (χ0) is 19.5. The summed E-state index contributed by atoms with van der Waals surface area (Å²) in [6.07, 6.45) is 8.72. The molecule has 0 aliphatic rings. The number of aryl methyl sites for hydroxylation is 1. The molecule has 140 valence electrons. The van der Waals surface area contributed by atoms with Gasteiger partial charge in [0.05, 0.1) is 22.6 Å². The van der Waals surface area contributed by atoms with E-state index in [1.807, 2.05) is 37.5 Å². The number of anilines is 2. The molecule has 9 heteroatoms. The zero-order valence-electron chi connectivity index (χ0n) is 15.0. The average Bonchev–Trinajstić information content (AvgIpc) is 3.14. The van der Waals surface area contributed by atoms with Crippen LogP contribution in [0, 0.1) is 0 Å². The van der Waals surface area contributed by atoms with Crippen molar-refractivity contribution in [3.8, 4) is 22.6 Å². The summed E-state index contributed by atoms with van der Waals surface area (Å²) in [5.74, 6) is 1.55. The van der Waals surface area contributed by atoms with Crippen LogP contribution in [0.2, 0.25) is 0 Å². The number of halogens is 1. The van der Waals surface area contributed by atoms with Crippen LogP contribution in [-0.2, 0) is 13.6 Å². The number of aromatic nitrogens is 6. The Morgan fingerprint density at radius 1 is 1.07 bits per heavy atom. The molecule has 0 amide bonds. The Kier molecular flexibility index (Phi) is 4.98. The summed E-state index contributed by atoms with van der Waals surface area (Å²) in [7, 11) is 1.86. The lowest BCUT2D eigenvalue weighted by Crippen LogP contribution is -2.07. The van der Waals surface area contributed by atoms with Crippen molar-refractivity contribution >= 4 is 27.6 Å². The van der Waals surface area contributed by atoms with Gasteiger partial charge in [0.25, 0.3) is 0 Å². The molecule has 0 bridgehead atoms. The highest BCUT2D eigenvalue weighted by Crippen LogP contribution is 2.22. The van der Waals surface area contributed by atoms with Crippen LogP contribution in [0.25, 0.3) is 22.6 Å². The maximum Gasteiger partial charge on any atom is 0.169 e. The van der Waals surface area contributed by atoms with Gasteiger partial charge in [-0.3, -0.25) is 4.68 Å². The molecule has 0 spiro atoms. The molecule has 0 radical (unpaired) electrons. The Balaban J connectivity index is 1.53. The van der Waals surface area contributed by atoms with E-state index in [0.29, 0.717) is 29.7 Å². The average molecular weight is 437 g/mol. The van der Waals surface area contributed by atoms with Gasteiger partial charge in [-0.25, -0.2) is 19.9 Å². The number of benzene rings is 1. The van der Waals surface area contributed by atoms with Gasteiger partial charge < -0.3 is 11.1 Å². The number of nitrogen functional groups attached to an aromatic ring is 1. The lowest BCUT2D eigenvalue weighted by atomic mass is 10.1. The summed E-state index contributed by atoms with van der Waals surface area (Å²) in [5.41, 5.74) is 9.58. The predicted molar refractivity (Wildman–Crippen MR) is 111 cm³/mol. The van der Waals surface area contributed by atoms with Gasteiger partial charge in [-0.2, -0.15) is 5.10 Å². The first kappa shape index (κ1) is 18.1. The molecule has 4 aromatic rings. The minimum atomic E-state index is 0.347. The SMILES string of the molecule is Cn1cc(-c2cnc(N)c(NCc3cccc(-c4ncc(Br)cn4)c3)n2)cn1. The molecule has 28 heavy (non-hydrogen) atoms. The van der Waals surface area contributed by atoms with Gasteiger partial charge in [0.1, 0.15) is 0 Å². The second-order valence-electron chi connectivity index (χ2n) is 6.17. The minimum absolute atomic E-state index is 0.347. The highest BCUT2D eigenvalue weighted by molar-refractivity contribution is 9.10. The molecule has 4 rings (SSSR count). The first-order chi connectivity index (χ1) is 13.6. The Labute approximate surface area is 170 Å². The maximum absolute atomic E-state index is 5.99. The van der Waals surface area contributed by atoms with Crippen molar-refractivity contribution in [3.63, 3.8) is 0 Å². The van der Waals surface area contributed by atoms with E-state index in [4.69, 9.17) is 5.73 Å². The largest absolute Gasteiger partial charge is 0.381 e. The van der Waals surface area contributed by atoms with E-state index in [1.54, 1.807) is 29.5 Å². The van der Waals surface area contributed by atoms with E-state index in [9.17, 15) is 0 Å². The fourth-order valence-electron chi connectivity index (χ4n) is 2.69. The molecule has 0 saturated heterocycles. The van der Waals surface area contributed by atoms with Crippen LogP contribution >= 0.6 is 15.9 Å². The molecule has 0 atom stereocenters. The third-order valence-electron chi connectivity index (χ3n) is 4.07. The van der Waals surface area contributed by atoms with Gasteiger partial charge in [0.2, 0.25) is 0 Å². The fraction of sp³-hybridized carbons (Fsp3) is 0.105. The first-order valence-electron chi connectivity index (χ1n) is 8.51. The Bertz CT molecular complexity index is 1110. The number of nitrogens with one attached hydrogen (secondary N) is 1. The quantitative estimate of drug-likeness (QED) is 0.493. The van der Waals surface area contributed by atoms with E-state index < -0.39 is 0 Å². The lowest BCUT2D eigenvalue weighted by Gasteiger charge is -2.10. The van der Waals surface area contributed by atoms with Gasteiger partial charge >= 0.3 is 0 Å². The molecule has 0 aliphatic carbocycles. The minimum Gasteiger partial charge on any atom is -0.381 e. The van der Waals surface area contributed by atoms with Crippen LogP contribution in [0.15, 0.2) is 59.7 Å². The summed E-state index contributed by atoms with van der Waals surface area (Å²) in [6.45, 7) is 0.541. The summed E-state index contributed by atoms with van der Waals surface area (Å²) < 4.78 is 2.56. The topological polar surface area (TPSA) is 107 Å². The van der Waals surface area contributed by atoms with Crippen molar-refractivity contribution in [2.24, 2.45) is 7.05 Å². The van der Waals surface area contributed by atoms with E-state index >= 15 is 0 Å². The van der Waals surface area contributed by atoms with Crippen molar-refractivity contribution in [2.45, 2.75) is 6.54 Å². The Morgan fingerprint density at radius 2 is 1.89 bits per heavy atom. The predicted octanol–water partition coefficient (Wildman–Crippen LogP) is 3.29. The number of hydrogen-bond donors (Lipinski definition) is 2. The third-order valence-corrected chi connectivity index (χ3v) is 4.48. The van der Waals surface area contributed by atoms with Crippen LogP contribution in [-0.4, -0.2) is 29.7 Å². The first-order valence-corrected chi connectivity index (χ1v) is 9.30. The summed E-state index contributed by atoms with van der Waals surface area (Å²) in [5, 5.41) is 7.42. The van der Waals surface area contributed by atoms with Gasteiger partial charge in [0, 0.05) is 43.3 Å².